The van der Waals surface area contributed by atoms with Crippen molar-refractivity contribution in [2.45, 2.75) is 32.6 Å². The molecule has 1 saturated carbocycles. The highest BCUT2D eigenvalue weighted by Crippen LogP contribution is 2.38. The average Bonchev–Trinajstić information content (AvgIpc) is 2.86. The van der Waals surface area contributed by atoms with Gasteiger partial charge in [-0.2, -0.15) is 0 Å². The van der Waals surface area contributed by atoms with Gasteiger partial charge in [-0.3, -0.25) is 9.59 Å². The number of hydrogen-bond acceptors (Lipinski definition) is 2. The molecule has 2 amide bonds. The Morgan fingerprint density at radius 1 is 1.20 bits per heavy atom. The summed E-state index contributed by atoms with van der Waals surface area (Å²) >= 11 is 0. The number of hydrogen-bond donors (Lipinski definition) is 1. The van der Waals surface area contributed by atoms with Gasteiger partial charge in [0.25, 0.3) is 5.91 Å². The zero-order chi connectivity index (χ0) is 14.8. The van der Waals surface area contributed by atoms with Crippen molar-refractivity contribution in [2.75, 3.05) is 19.4 Å². The third-order valence-electron chi connectivity index (χ3n) is 4.03. The molecule has 0 heterocycles. The lowest BCUT2D eigenvalue weighted by molar-refractivity contribution is -0.124. The molecule has 4 nitrogen and oxygen atoms in total. The monoisotopic (exact) mass is 274 g/mol. The van der Waals surface area contributed by atoms with E-state index in [1.807, 2.05) is 13.0 Å². The molecule has 0 spiro atoms. The Kier molecular flexibility index (Phi) is 4.12. The Balaban J connectivity index is 2.12. The topological polar surface area (TPSA) is 49.4 Å². The Morgan fingerprint density at radius 2 is 1.85 bits per heavy atom. The second kappa shape index (κ2) is 5.65. The van der Waals surface area contributed by atoms with E-state index in [0.717, 1.165) is 25.7 Å². The highest BCUT2D eigenvalue weighted by atomic mass is 16.2. The SMILES string of the molecule is CN(C)C(=O)c1cccc(NC(=O)C2(C)CCCC2)c1. The van der Waals surface area contributed by atoms with Crippen LogP contribution in [0, 0.1) is 5.41 Å². The summed E-state index contributed by atoms with van der Waals surface area (Å²) in [6.07, 6.45) is 4.11. The maximum Gasteiger partial charge on any atom is 0.253 e. The minimum absolute atomic E-state index is 0.0597. The van der Waals surface area contributed by atoms with E-state index in [-0.39, 0.29) is 17.2 Å². The average molecular weight is 274 g/mol. The molecule has 20 heavy (non-hydrogen) atoms. The molecule has 1 N–H and O–H groups in total. The first-order valence-electron chi connectivity index (χ1n) is 7.05. The summed E-state index contributed by atoms with van der Waals surface area (Å²) in [5, 5.41) is 2.95. The molecule has 2 rings (SSSR count). The van der Waals surface area contributed by atoms with Gasteiger partial charge in [-0.05, 0) is 31.0 Å². The lowest BCUT2D eigenvalue weighted by atomic mass is 9.88. The summed E-state index contributed by atoms with van der Waals surface area (Å²) in [6.45, 7) is 2.02. The van der Waals surface area contributed by atoms with E-state index in [1.165, 1.54) is 4.90 Å². The van der Waals surface area contributed by atoms with Crippen molar-refractivity contribution in [3.05, 3.63) is 29.8 Å². The lowest BCUT2D eigenvalue weighted by Gasteiger charge is -2.22. The van der Waals surface area contributed by atoms with Crippen LogP contribution < -0.4 is 5.32 Å². The molecule has 1 aromatic carbocycles. The van der Waals surface area contributed by atoms with E-state index >= 15 is 0 Å². The molecule has 0 aliphatic heterocycles. The Labute approximate surface area is 120 Å². The fourth-order valence-electron chi connectivity index (χ4n) is 2.65. The standard InChI is InChI=1S/C16H22N2O2/c1-16(9-4-5-10-16)15(20)17-13-8-6-7-12(11-13)14(19)18(2)3/h6-8,11H,4-5,9-10H2,1-3H3,(H,17,20). The summed E-state index contributed by atoms with van der Waals surface area (Å²) in [5.41, 5.74) is 1.02. The van der Waals surface area contributed by atoms with Gasteiger partial charge in [0.15, 0.2) is 0 Å². The van der Waals surface area contributed by atoms with Crippen molar-refractivity contribution in [1.29, 1.82) is 0 Å². The number of nitrogens with one attached hydrogen (secondary N) is 1. The zero-order valence-electron chi connectivity index (χ0n) is 12.4. The lowest BCUT2D eigenvalue weighted by Crippen LogP contribution is -2.31. The van der Waals surface area contributed by atoms with E-state index in [4.69, 9.17) is 0 Å². The first-order valence-corrected chi connectivity index (χ1v) is 7.05. The van der Waals surface area contributed by atoms with Crippen molar-refractivity contribution in [3.8, 4) is 0 Å². The van der Waals surface area contributed by atoms with Crippen molar-refractivity contribution >= 4 is 17.5 Å². The normalized spacial score (nSPS) is 16.8. The molecule has 1 aromatic rings. The molecule has 0 aromatic heterocycles. The third kappa shape index (κ3) is 3.00. The van der Waals surface area contributed by atoms with Crippen LogP contribution in [0.2, 0.25) is 0 Å². The fraction of sp³-hybridized carbons (Fsp3) is 0.500. The van der Waals surface area contributed by atoms with Crippen LogP contribution >= 0.6 is 0 Å². The zero-order valence-corrected chi connectivity index (χ0v) is 12.4. The maximum absolute atomic E-state index is 12.3. The number of carbonyl (C=O) groups excluding carboxylic acids is 2. The van der Waals surface area contributed by atoms with Gasteiger partial charge in [-0.15, -0.1) is 0 Å². The van der Waals surface area contributed by atoms with Gasteiger partial charge in [0.1, 0.15) is 0 Å². The van der Waals surface area contributed by atoms with Crippen LogP contribution in [0.1, 0.15) is 43.0 Å². The van der Waals surface area contributed by atoms with Gasteiger partial charge < -0.3 is 10.2 Å². The van der Waals surface area contributed by atoms with Crippen LogP contribution in [0.25, 0.3) is 0 Å². The van der Waals surface area contributed by atoms with Crippen LogP contribution in [0.4, 0.5) is 5.69 Å². The van der Waals surface area contributed by atoms with E-state index < -0.39 is 0 Å². The first-order chi connectivity index (χ1) is 9.42. The Bertz CT molecular complexity index is 517. The molecule has 0 bridgehead atoms. The van der Waals surface area contributed by atoms with E-state index in [9.17, 15) is 9.59 Å². The number of anilines is 1. The van der Waals surface area contributed by atoms with Crippen molar-refractivity contribution in [1.82, 2.24) is 4.90 Å². The van der Waals surface area contributed by atoms with E-state index in [0.29, 0.717) is 11.3 Å². The highest BCUT2D eigenvalue weighted by Gasteiger charge is 2.36. The summed E-state index contributed by atoms with van der Waals surface area (Å²) in [7, 11) is 3.43. The van der Waals surface area contributed by atoms with Gasteiger partial charge in [0.05, 0.1) is 0 Å². The maximum atomic E-state index is 12.3. The molecular formula is C16H22N2O2. The second-order valence-corrected chi connectivity index (χ2v) is 6.00. The van der Waals surface area contributed by atoms with Crippen molar-refractivity contribution < 1.29 is 9.59 Å². The minimum atomic E-state index is -0.262. The first kappa shape index (κ1) is 14.6. The molecule has 0 radical (unpaired) electrons. The molecule has 4 heteroatoms. The molecule has 0 unspecified atom stereocenters. The number of nitrogens with zero attached hydrogens (tertiary/aromatic N) is 1. The molecule has 1 fully saturated rings. The third-order valence-corrected chi connectivity index (χ3v) is 4.03. The molecule has 1 aliphatic rings. The summed E-state index contributed by atoms with van der Waals surface area (Å²) in [5.74, 6) is -0.00220. The van der Waals surface area contributed by atoms with E-state index in [1.54, 1.807) is 32.3 Å². The van der Waals surface area contributed by atoms with Gasteiger partial charge in [0.2, 0.25) is 5.91 Å². The smallest absolute Gasteiger partial charge is 0.253 e. The van der Waals surface area contributed by atoms with Crippen LogP contribution in [-0.2, 0) is 4.79 Å². The largest absolute Gasteiger partial charge is 0.345 e. The van der Waals surface area contributed by atoms with Gasteiger partial charge in [-0.1, -0.05) is 25.8 Å². The predicted octanol–water partition coefficient (Wildman–Crippen LogP) is 2.91. The summed E-state index contributed by atoms with van der Waals surface area (Å²) in [4.78, 5) is 25.8. The van der Waals surface area contributed by atoms with Gasteiger partial charge >= 0.3 is 0 Å². The van der Waals surface area contributed by atoms with Crippen LogP contribution in [0.3, 0.4) is 0 Å². The molecule has 108 valence electrons. The van der Waals surface area contributed by atoms with Crippen molar-refractivity contribution in [3.63, 3.8) is 0 Å². The highest BCUT2D eigenvalue weighted by molar-refractivity contribution is 5.98. The molecule has 0 saturated heterocycles. The Morgan fingerprint density at radius 3 is 2.45 bits per heavy atom. The summed E-state index contributed by atoms with van der Waals surface area (Å²) < 4.78 is 0. The number of carbonyl (C=O) groups is 2. The minimum Gasteiger partial charge on any atom is -0.345 e. The second-order valence-electron chi connectivity index (χ2n) is 6.00. The van der Waals surface area contributed by atoms with Gasteiger partial charge in [0, 0.05) is 30.8 Å². The van der Waals surface area contributed by atoms with Crippen LogP contribution in [0.15, 0.2) is 24.3 Å². The molecule has 0 atom stereocenters. The predicted molar refractivity (Wildman–Crippen MR) is 79.7 cm³/mol. The number of rotatable bonds is 3. The quantitative estimate of drug-likeness (QED) is 0.921. The van der Waals surface area contributed by atoms with E-state index in [2.05, 4.69) is 5.32 Å². The van der Waals surface area contributed by atoms with Gasteiger partial charge in [-0.25, -0.2) is 0 Å². The van der Waals surface area contributed by atoms with Crippen molar-refractivity contribution in [2.24, 2.45) is 5.41 Å². The van der Waals surface area contributed by atoms with Crippen LogP contribution in [-0.4, -0.2) is 30.8 Å². The molecule has 1 aliphatic carbocycles. The summed E-state index contributed by atoms with van der Waals surface area (Å²) in [6, 6.07) is 7.11. The number of benzene rings is 1. The molecular weight excluding hydrogens is 252 g/mol. The fourth-order valence-corrected chi connectivity index (χ4v) is 2.65. The van der Waals surface area contributed by atoms with Crippen LogP contribution in [0.5, 0.6) is 0 Å². The Hall–Kier alpha value is -1.84. The number of amides is 2.